The van der Waals surface area contributed by atoms with Gasteiger partial charge in [-0.25, -0.2) is 9.78 Å². The molecule has 10 nitrogen and oxygen atoms in total. The van der Waals surface area contributed by atoms with E-state index in [0.29, 0.717) is 73.5 Å². The summed E-state index contributed by atoms with van der Waals surface area (Å²) in [5.41, 5.74) is 1.96. The number of pyridine rings is 2. The first-order chi connectivity index (χ1) is 20.1. The van der Waals surface area contributed by atoms with Gasteiger partial charge in [0.2, 0.25) is 5.88 Å². The minimum atomic E-state index is -4.57. The number of hydrogen-bond acceptors (Lipinski definition) is 7. The van der Waals surface area contributed by atoms with Crippen LogP contribution in [0.5, 0.6) is 5.88 Å². The first-order valence-corrected chi connectivity index (χ1v) is 13.5. The number of anilines is 2. The highest BCUT2D eigenvalue weighted by atomic mass is 19.4. The van der Waals surface area contributed by atoms with E-state index in [2.05, 4.69) is 15.3 Å². The Bertz CT molecular complexity index is 1450. The number of amides is 2. The van der Waals surface area contributed by atoms with Crippen LogP contribution in [0.3, 0.4) is 0 Å². The molecular formula is C29H30F3N5O5. The number of rotatable bonds is 6. The van der Waals surface area contributed by atoms with Gasteiger partial charge in [0.15, 0.2) is 0 Å². The molecule has 0 aliphatic carbocycles. The zero-order valence-corrected chi connectivity index (χ0v) is 22.9. The van der Waals surface area contributed by atoms with Gasteiger partial charge in [-0.15, -0.1) is 0 Å². The maximum atomic E-state index is 13.1. The minimum Gasteiger partial charge on any atom is -0.473 e. The summed E-state index contributed by atoms with van der Waals surface area (Å²) in [7, 11) is 0. The van der Waals surface area contributed by atoms with Crippen LogP contribution >= 0.6 is 0 Å². The summed E-state index contributed by atoms with van der Waals surface area (Å²) >= 11 is 0. The molecule has 2 amide bonds. The Kier molecular flexibility index (Phi) is 8.48. The van der Waals surface area contributed by atoms with Gasteiger partial charge in [0.1, 0.15) is 11.8 Å². The number of aryl methyl sites for hydroxylation is 1. The lowest BCUT2D eigenvalue weighted by molar-refractivity contribution is -0.137. The van der Waals surface area contributed by atoms with Gasteiger partial charge in [-0.1, -0.05) is 6.07 Å². The number of nitrogens with zero attached hydrogens (tertiary/aromatic N) is 4. The molecule has 2 aromatic heterocycles. The van der Waals surface area contributed by atoms with Gasteiger partial charge < -0.3 is 29.7 Å². The summed E-state index contributed by atoms with van der Waals surface area (Å²) < 4.78 is 51.1. The molecule has 13 heteroatoms. The molecule has 0 radical (unpaired) electrons. The Labute approximate surface area is 240 Å². The van der Waals surface area contributed by atoms with Crippen molar-refractivity contribution in [2.24, 2.45) is 0 Å². The second-order valence-electron chi connectivity index (χ2n) is 10.1. The molecule has 5 rings (SSSR count). The third-order valence-electron chi connectivity index (χ3n) is 7.28. The summed E-state index contributed by atoms with van der Waals surface area (Å²) in [6.45, 7) is 4.55. The van der Waals surface area contributed by atoms with Gasteiger partial charge in [0, 0.05) is 67.6 Å². The van der Waals surface area contributed by atoms with E-state index < -0.39 is 23.7 Å². The first kappa shape index (κ1) is 29.1. The van der Waals surface area contributed by atoms with Crippen molar-refractivity contribution in [1.29, 1.82) is 0 Å². The van der Waals surface area contributed by atoms with Crippen molar-refractivity contribution in [3.63, 3.8) is 0 Å². The van der Waals surface area contributed by atoms with E-state index in [1.807, 2.05) is 11.0 Å². The molecule has 0 spiro atoms. The van der Waals surface area contributed by atoms with Gasteiger partial charge in [-0.3, -0.25) is 9.78 Å². The summed E-state index contributed by atoms with van der Waals surface area (Å²) in [6, 6.07) is 7.80. The van der Waals surface area contributed by atoms with Gasteiger partial charge in [-0.2, -0.15) is 13.2 Å². The number of hydrogen-bond donors (Lipinski definition) is 2. The highest BCUT2D eigenvalue weighted by Gasteiger charge is 2.31. The largest absolute Gasteiger partial charge is 0.473 e. The molecule has 0 unspecified atom stereocenters. The summed E-state index contributed by atoms with van der Waals surface area (Å²) in [6.07, 6.45) is -1.06. The highest BCUT2D eigenvalue weighted by Crippen LogP contribution is 2.35. The van der Waals surface area contributed by atoms with Gasteiger partial charge in [-0.05, 0) is 37.3 Å². The van der Waals surface area contributed by atoms with Crippen molar-refractivity contribution < 1.29 is 37.3 Å². The van der Waals surface area contributed by atoms with Crippen LogP contribution in [0.4, 0.5) is 29.3 Å². The average molecular weight is 586 g/mol. The number of aromatic nitrogens is 2. The van der Waals surface area contributed by atoms with Crippen LogP contribution in [0.2, 0.25) is 0 Å². The lowest BCUT2D eigenvalue weighted by Crippen LogP contribution is -2.48. The molecule has 3 aromatic rings. The molecule has 2 saturated heterocycles. The topological polar surface area (TPSA) is 117 Å². The van der Waals surface area contributed by atoms with Crippen molar-refractivity contribution in [2.75, 3.05) is 49.6 Å². The molecule has 0 saturated carbocycles. The number of carboxylic acid groups (broad SMARTS) is 1. The van der Waals surface area contributed by atoms with Crippen LogP contribution in [0, 0.1) is 6.92 Å². The number of alkyl halides is 3. The molecule has 4 heterocycles. The van der Waals surface area contributed by atoms with Crippen molar-refractivity contribution in [3.8, 4) is 17.0 Å². The third kappa shape index (κ3) is 6.73. The number of piperazine rings is 1. The van der Waals surface area contributed by atoms with Crippen molar-refractivity contribution >= 4 is 23.4 Å². The zero-order chi connectivity index (χ0) is 29.9. The van der Waals surface area contributed by atoms with Gasteiger partial charge in [0.25, 0.3) is 5.91 Å². The zero-order valence-electron chi connectivity index (χ0n) is 22.9. The normalized spacial score (nSPS) is 16.3. The molecule has 0 atom stereocenters. The molecule has 2 fully saturated rings. The lowest BCUT2D eigenvalue weighted by atomic mass is 10.0. The molecule has 0 bridgehead atoms. The third-order valence-corrected chi connectivity index (χ3v) is 7.28. The van der Waals surface area contributed by atoms with Crippen molar-refractivity contribution in [2.45, 2.75) is 32.0 Å². The monoisotopic (exact) mass is 585 g/mol. The molecule has 2 aliphatic rings. The maximum absolute atomic E-state index is 13.1. The van der Waals surface area contributed by atoms with E-state index in [1.54, 1.807) is 19.2 Å². The summed E-state index contributed by atoms with van der Waals surface area (Å²) in [5, 5.41) is 12.0. The number of carbonyl (C=O) groups is 2. The van der Waals surface area contributed by atoms with E-state index in [-0.39, 0.29) is 11.7 Å². The Morgan fingerprint density at radius 1 is 1.05 bits per heavy atom. The number of carbonyl (C=O) groups excluding carboxylic acids is 1. The fourth-order valence-electron chi connectivity index (χ4n) is 4.93. The molecular weight excluding hydrogens is 555 g/mol. The van der Waals surface area contributed by atoms with Crippen molar-refractivity contribution in [3.05, 3.63) is 65.6 Å². The van der Waals surface area contributed by atoms with Crippen LogP contribution in [-0.2, 0) is 10.9 Å². The fraction of sp³-hybridized carbons (Fsp3) is 0.379. The fourth-order valence-corrected chi connectivity index (χ4v) is 4.93. The van der Waals surface area contributed by atoms with E-state index in [9.17, 15) is 27.9 Å². The minimum absolute atomic E-state index is 0.0612. The van der Waals surface area contributed by atoms with Gasteiger partial charge in [0.05, 0.1) is 30.7 Å². The van der Waals surface area contributed by atoms with E-state index in [1.165, 1.54) is 23.2 Å². The Morgan fingerprint density at radius 3 is 2.48 bits per heavy atom. The number of benzene rings is 1. The van der Waals surface area contributed by atoms with Crippen LogP contribution in [-0.4, -0.2) is 77.5 Å². The predicted molar refractivity (Wildman–Crippen MR) is 148 cm³/mol. The molecule has 42 heavy (non-hydrogen) atoms. The smallest absolute Gasteiger partial charge is 0.416 e. The lowest BCUT2D eigenvalue weighted by Gasteiger charge is -2.35. The Hall–Kier alpha value is -4.39. The van der Waals surface area contributed by atoms with E-state index in [0.717, 1.165) is 25.0 Å². The first-order valence-electron chi connectivity index (χ1n) is 13.5. The van der Waals surface area contributed by atoms with E-state index in [4.69, 9.17) is 9.47 Å². The molecule has 222 valence electrons. The second kappa shape index (κ2) is 12.2. The molecule has 2 N–H and O–H groups in total. The Morgan fingerprint density at radius 2 is 1.79 bits per heavy atom. The summed E-state index contributed by atoms with van der Waals surface area (Å²) in [4.78, 5) is 36.7. The SMILES string of the molecule is Cc1ncc(NC(=O)c2cccc(C(F)(F)F)c2)cc1-c1cnc(OC2CCOCC2)c(N2CCN(C(=O)O)CC2)c1. The average Bonchev–Trinajstić information content (AvgIpc) is 2.98. The molecule has 2 aliphatic heterocycles. The summed E-state index contributed by atoms with van der Waals surface area (Å²) in [5.74, 6) is -0.262. The van der Waals surface area contributed by atoms with Gasteiger partial charge >= 0.3 is 12.3 Å². The van der Waals surface area contributed by atoms with Crippen LogP contribution in [0.1, 0.15) is 34.5 Å². The number of ether oxygens (including phenoxy) is 2. The van der Waals surface area contributed by atoms with Crippen molar-refractivity contribution in [1.82, 2.24) is 14.9 Å². The standard InChI is InChI=1S/C29H30F3N5O5/c1-18-24(15-22(17-33-18)35-26(38)19-3-2-4-21(13-19)29(30,31)32)20-14-25(36-7-9-37(10-8-36)28(39)40)27(34-16-20)42-23-5-11-41-12-6-23/h2-4,13-17,23H,5-12H2,1H3,(H,35,38)(H,39,40). The van der Waals surface area contributed by atoms with E-state index >= 15 is 0 Å². The molecule has 1 aromatic carbocycles. The van der Waals surface area contributed by atoms with Crippen LogP contribution in [0.25, 0.3) is 11.1 Å². The van der Waals surface area contributed by atoms with Crippen LogP contribution in [0.15, 0.2) is 48.8 Å². The second-order valence-corrected chi connectivity index (χ2v) is 10.1. The Balaban J connectivity index is 1.42. The van der Waals surface area contributed by atoms with Crippen LogP contribution < -0.4 is 15.0 Å². The predicted octanol–water partition coefficient (Wildman–Crippen LogP) is 5.08. The highest BCUT2D eigenvalue weighted by molar-refractivity contribution is 6.04. The number of halogens is 3. The number of nitrogens with one attached hydrogen (secondary N) is 1. The quantitative estimate of drug-likeness (QED) is 0.412. The maximum Gasteiger partial charge on any atom is 0.416 e.